The molecule has 1 aromatic carbocycles. The van der Waals surface area contributed by atoms with Crippen molar-refractivity contribution in [3.8, 4) is 0 Å². The summed E-state index contributed by atoms with van der Waals surface area (Å²) in [5.74, 6) is -1.77. The van der Waals surface area contributed by atoms with Crippen LogP contribution in [0, 0.1) is 0 Å². The van der Waals surface area contributed by atoms with E-state index in [9.17, 15) is 22.8 Å². The summed E-state index contributed by atoms with van der Waals surface area (Å²) in [5.41, 5.74) is -3.50. The van der Waals surface area contributed by atoms with E-state index >= 15 is 0 Å². The van der Waals surface area contributed by atoms with Crippen LogP contribution in [0.1, 0.15) is 57.4 Å². The van der Waals surface area contributed by atoms with Crippen LogP contribution in [0.15, 0.2) is 30.3 Å². The highest BCUT2D eigenvalue weighted by molar-refractivity contribution is 5.82. The van der Waals surface area contributed by atoms with Gasteiger partial charge in [0.1, 0.15) is 6.10 Å². The number of hydrogen-bond donors (Lipinski definition) is 0. The molecule has 0 aliphatic heterocycles. The quantitative estimate of drug-likeness (QED) is 0.356. The topological polar surface area (TPSA) is 61.8 Å². The van der Waals surface area contributed by atoms with E-state index in [0.717, 1.165) is 7.11 Å². The van der Waals surface area contributed by atoms with Gasteiger partial charge < -0.3 is 14.2 Å². The summed E-state index contributed by atoms with van der Waals surface area (Å²) in [4.78, 5) is 23.8. The first kappa shape index (κ1) is 24.9. The summed E-state index contributed by atoms with van der Waals surface area (Å²) in [6, 6.07) is 6.76. The van der Waals surface area contributed by atoms with Crippen LogP contribution in [0.4, 0.5) is 13.2 Å². The molecule has 5 nitrogen and oxygen atoms in total. The molecule has 0 radical (unpaired) electrons. The van der Waals surface area contributed by atoms with E-state index in [1.807, 2.05) is 6.92 Å². The summed E-state index contributed by atoms with van der Waals surface area (Å²) in [6.07, 6.45) is -1.97. The molecule has 0 aromatic heterocycles. The Balaban J connectivity index is 2.88. The molecule has 0 unspecified atom stereocenters. The van der Waals surface area contributed by atoms with Crippen molar-refractivity contribution in [3.63, 3.8) is 0 Å². The molecule has 29 heavy (non-hydrogen) atoms. The van der Waals surface area contributed by atoms with E-state index in [1.165, 1.54) is 31.4 Å². The van der Waals surface area contributed by atoms with Gasteiger partial charge >= 0.3 is 18.1 Å². The van der Waals surface area contributed by atoms with Crippen molar-refractivity contribution in [3.05, 3.63) is 35.9 Å². The first-order valence-electron chi connectivity index (χ1n) is 9.68. The van der Waals surface area contributed by atoms with Gasteiger partial charge in [-0.05, 0) is 25.7 Å². The number of hydrogen-bond acceptors (Lipinski definition) is 5. The van der Waals surface area contributed by atoms with Crippen LogP contribution in [0.25, 0.3) is 0 Å². The van der Waals surface area contributed by atoms with Crippen molar-refractivity contribution in [2.24, 2.45) is 0 Å². The Kier molecular flexibility index (Phi) is 10.2. The Labute approximate surface area is 169 Å². The first-order chi connectivity index (χ1) is 13.7. The van der Waals surface area contributed by atoms with E-state index in [-0.39, 0.29) is 18.0 Å². The summed E-state index contributed by atoms with van der Waals surface area (Å²) >= 11 is 0. The van der Waals surface area contributed by atoms with Gasteiger partial charge in [0.25, 0.3) is 5.60 Å². The molecule has 0 aliphatic rings. The van der Waals surface area contributed by atoms with Gasteiger partial charge in [0, 0.05) is 19.1 Å². The number of esters is 2. The van der Waals surface area contributed by atoms with Crippen molar-refractivity contribution < 1.29 is 37.0 Å². The number of methoxy groups -OCH3 is 2. The van der Waals surface area contributed by atoms with E-state index in [1.54, 1.807) is 6.07 Å². The van der Waals surface area contributed by atoms with Gasteiger partial charge in [0.2, 0.25) is 0 Å². The molecule has 8 heteroatoms. The summed E-state index contributed by atoms with van der Waals surface area (Å²) < 4.78 is 56.4. The zero-order valence-electron chi connectivity index (χ0n) is 17.1. The lowest BCUT2D eigenvalue weighted by Crippen LogP contribution is -2.52. The second-order valence-electron chi connectivity index (χ2n) is 6.74. The second kappa shape index (κ2) is 11.8. The molecule has 0 amide bonds. The lowest BCUT2D eigenvalue weighted by atomic mass is 9.92. The molecular weight excluding hydrogens is 389 g/mol. The molecule has 0 N–H and O–H groups in total. The third kappa shape index (κ3) is 6.73. The minimum atomic E-state index is -4.99. The molecule has 164 valence electrons. The average Bonchev–Trinajstić information content (AvgIpc) is 2.68. The predicted octanol–water partition coefficient (Wildman–Crippen LogP) is 4.93. The van der Waals surface area contributed by atoms with Crippen LogP contribution in [-0.2, 0) is 29.4 Å². The molecular formula is C21H29F3O5. The molecule has 1 aromatic rings. The van der Waals surface area contributed by atoms with Gasteiger partial charge in [-0.1, -0.05) is 50.1 Å². The highest BCUT2D eigenvalue weighted by atomic mass is 19.4. The Morgan fingerprint density at radius 3 is 2.17 bits per heavy atom. The van der Waals surface area contributed by atoms with E-state index < -0.39 is 23.9 Å². The Bertz CT molecular complexity index is 633. The Hall–Kier alpha value is -2.09. The lowest BCUT2D eigenvalue weighted by molar-refractivity contribution is -0.278. The zero-order chi connectivity index (χ0) is 21.9. The summed E-state index contributed by atoms with van der Waals surface area (Å²) in [6.45, 7) is 1.86. The van der Waals surface area contributed by atoms with Gasteiger partial charge in [-0.15, -0.1) is 0 Å². The lowest BCUT2D eigenvalue weighted by Gasteiger charge is -2.33. The van der Waals surface area contributed by atoms with Crippen molar-refractivity contribution in [1.29, 1.82) is 0 Å². The highest BCUT2D eigenvalue weighted by Gasteiger charge is 2.64. The van der Waals surface area contributed by atoms with E-state index in [4.69, 9.17) is 9.47 Å². The fraction of sp³-hybridized carbons (Fsp3) is 0.619. The zero-order valence-corrected chi connectivity index (χ0v) is 17.1. The number of alkyl halides is 3. The molecule has 0 aliphatic carbocycles. The number of benzene rings is 1. The van der Waals surface area contributed by atoms with Gasteiger partial charge in [0.15, 0.2) is 0 Å². The van der Waals surface area contributed by atoms with E-state index in [0.29, 0.717) is 38.5 Å². The minimum Gasteiger partial charge on any atom is -0.469 e. The monoisotopic (exact) mass is 418 g/mol. The Morgan fingerprint density at radius 1 is 1.00 bits per heavy atom. The minimum absolute atomic E-state index is 0.281. The summed E-state index contributed by atoms with van der Waals surface area (Å²) in [5, 5.41) is 0. The standard InChI is InChI=1S/C21H29F3O5/c1-4-11-17(14-9-6-10-15-18(25)27-2)29-19(26)20(28-3,21(22,23)24)16-12-7-5-8-13-16/h5,7-8,12-13,17H,4,6,9-11,14-15H2,1-3H3/t17-,20+/m0/s1. The van der Waals surface area contributed by atoms with Crippen LogP contribution in [0.2, 0.25) is 0 Å². The third-order valence-corrected chi connectivity index (χ3v) is 4.69. The van der Waals surface area contributed by atoms with Gasteiger partial charge in [-0.25, -0.2) is 4.79 Å². The van der Waals surface area contributed by atoms with E-state index in [2.05, 4.69) is 4.74 Å². The summed E-state index contributed by atoms with van der Waals surface area (Å²) in [7, 11) is 2.16. The maximum atomic E-state index is 13.9. The predicted molar refractivity (Wildman–Crippen MR) is 101 cm³/mol. The molecule has 0 fully saturated rings. The molecule has 0 spiro atoms. The van der Waals surface area contributed by atoms with Crippen molar-refractivity contribution >= 4 is 11.9 Å². The maximum absolute atomic E-state index is 13.9. The second-order valence-corrected chi connectivity index (χ2v) is 6.74. The van der Waals surface area contributed by atoms with Gasteiger partial charge in [-0.3, -0.25) is 4.79 Å². The average molecular weight is 418 g/mol. The number of carbonyl (C=O) groups is 2. The first-order valence-corrected chi connectivity index (χ1v) is 9.68. The van der Waals surface area contributed by atoms with Crippen LogP contribution in [0.3, 0.4) is 0 Å². The maximum Gasteiger partial charge on any atom is 0.432 e. The molecule has 0 saturated carbocycles. The van der Waals surface area contributed by atoms with Crippen molar-refractivity contribution in [1.82, 2.24) is 0 Å². The third-order valence-electron chi connectivity index (χ3n) is 4.69. The highest BCUT2D eigenvalue weighted by Crippen LogP contribution is 2.43. The number of rotatable bonds is 12. The number of ether oxygens (including phenoxy) is 3. The van der Waals surface area contributed by atoms with Gasteiger partial charge in [0.05, 0.1) is 7.11 Å². The van der Waals surface area contributed by atoms with Gasteiger partial charge in [-0.2, -0.15) is 13.2 Å². The van der Waals surface area contributed by atoms with Crippen LogP contribution in [-0.4, -0.2) is 38.4 Å². The fourth-order valence-electron chi connectivity index (χ4n) is 3.13. The number of unbranched alkanes of at least 4 members (excludes halogenated alkanes) is 2. The van der Waals surface area contributed by atoms with Crippen molar-refractivity contribution in [2.45, 2.75) is 69.8 Å². The van der Waals surface area contributed by atoms with Crippen LogP contribution < -0.4 is 0 Å². The molecule has 0 heterocycles. The fourth-order valence-corrected chi connectivity index (χ4v) is 3.13. The Morgan fingerprint density at radius 2 is 1.66 bits per heavy atom. The van der Waals surface area contributed by atoms with Crippen molar-refractivity contribution in [2.75, 3.05) is 14.2 Å². The van der Waals surface area contributed by atoms with Crippen LogP contribution >= 0.6 is 0 Å². The number of halogens is 3. The normalized spacial score (nSPS) is 14.7. The number of carbonyl (C=O) groups excluding carboxylic acids is 2. The largest absolute Gasteiger partial charge is 0.469 e. The SMILES string of the molecule is CCC[C@@H](CCCCCC(=O)OC)OC(=O)[C@](OC)(c1ccccc1)C(F)(F)F. The molecule has 1 rings (SSSR count). The van der Waals surface area contributed by atoms with Crippen LogP contribution in [0.5, 0.6) is 0 Å². The molecule has 0 bridgehead atoms. The smallest absolute Gasteiger partial charge is 0.432 e. The molecule has 0 saturated heterocycles. The molecule has 2 atom stereocenters.